The molecular formula is C12H20O2. The summed E-state index contributed by atoms with van der Waals surface area (Å²) in [6.07, 6.45) is 6.85. The largest absolute Gasteiger partial charge is 0.300 e. The van der Waals surface area contributed by atoms with Crippen LogP contribution in [0.25, 0.3) is 0 Å². The molecule has 0 aromatic heterocycles. The number of Topliss-reactive ketones (excluding diaryl/α,β-unsaturated/α-hetero) is 1. The summed E-state index contributed by atoms with van der Waals surface area (Å²) in [5.74, 6) is 0.589. The van der Waals surface area contributed by atoms with Gasteiger partial charge >= 0.3 is 0 Å². The van der Waals surface area contributed by atoms with Crippen LogP contribution in [0.1, 0.15) is 52.9 Å². The molecule has 0 heterocycles. The van der Waals surface area contributed by atoms with E-state index in [0.29, 0.717) is 5.78 Å². The van der Waals surface area contributed by atoms with E-state index in [9.17, 15) is 9.59 Å². The van der Waals surface area contributed by atoms with Gasteiger partial charge in [0.15, 0.2) is 5.78 Å². The Morgan fingerprint density at radius 2 is 1.57 bits per heavy atom. The molecule has 1 rings (SSSR count). The lowest BCUT2D eigenvalue weighted by Crippen LogP contribution is -2.02. The van der Waals surface area contributed by atoms with Crippen LogP contribution in [-0.2, 0) is 9.59 Å². The summed E-state index contributed by atoms with van der Waals surface area (Å²) < 4.78 is 0. The van der Waals surface area contributed by atoms with Gasteiger partial charge in [0.05, 0.1) is 0 Å². The summed E-state index contributed by atoms with van der Waals surface area (Å²) in [5, 5.41) is 0. The summed E-state index contributed by atoms with van der Waals surface area (Å²) in [6, 6.07) is 0. The highest BCUT2D eigenvalue weighted by atomic mass is 16.1. The first-order chi connectivity index (χ1) is 6.52. The minimum absolute atomic E-state index is 0.125. The van der Waals surface area contributed by atoms with Crippen LogP contribution in [0.2, 0.25) is 0 Å². The van der Waals surface area contributed by atoms with Crippen molar-refractivity contribution >= 4 is 11.6 Å². The van der Waals surface area contributed by atoms with Crippen LogP contribution in [0.3, 0.4) is 0 Å². The van der Waals surface area contributed by atoms with Crippen molar-refractivity contribution in [1.82, 2.24) is 0 Å². The zero-order valence-electron chi connectivity index (χ0n) is 9.43. The molecule has 2 heteroatoms. The van der Waals surface area contributed by atoms with E-state index in [0.717, 1.165) is 31.3 Å². The monoisotopic (exact) mass is 196 g/mol. The fraction of sp³-hybridized carbons (Fsp3) is 0.667. The third-order valence-corrected chi connectivity index (χ3v) is 1.90. The summed E-state index contributed by atoms with van der Waals surface area (Å²) in [6.45, 7) is 5.36. The van der Waals surface area contributed by atoms with Gasteiger partial charge in [0.1, 0.15) is 5.78 Å². The first kappa shape index (κ1) is 13.1. The van der Waals surface area contributed by atoms with Crippen LogP contribution in [0.4, 0.5) is 0 Å². The third-order valence-electron chi connectivity index (χ3n) is 1.90. The SMILES string of the molecule is CC(=O)C=C(C)C.O=C1CCCCC1. The number of carbonyl (C=O) groups excluding carboxylic acids is 2. The molecule has 0 unspecified atom stereocenters. The average Bonchev–Trinajstić information content (AvgIpc) is 2.03. The summed E-state index contributed by atoms with van der Waals surface area (Å²) in [7, 11) is 0. The van der Waals surface area contributed by atoms with E-state index in [1.807, 2.05) is 13.8 Å². The first-order valence-electron chi connectivity index (χ1n) is 5.19. The van der Waals surface area contributed by atoms with Crippen molar-refractivity contribution in [3.05, 3.63) is 11.6 Å². The highest BCUT2D eigenvalue weighted by molar-refractivity contribution is 5.87. The minimum Gasteiger partial charge on any atom is -0.300 e. The molecule has 0 N–H and O–H groups in total. The second-order valence-corrected chi connectivity index (χ2v) is 3.93. The fourth-order valence-corrected chi connectivity index (χ4v) is 1.35. The first-order valence-corrected chi connectivity index (χ1v) is 5.19. The molecule has 0 bridgehead atoms. The van der Waals surface area contributed by atoms with Crippen molar-refractivity contribution in [1.29, 1.82) is 0 Å². The maximum atomic E-state index is 10.5. The Balaban J connectivity index is 0.000000241. The van der Waals surface area contributed by atoms with E-state index in [4.69, 9.17) is 0 Å². The molecule has 0 atom stereocenters. The van der Waals surface area contributed by atoms with Gasteiger partial charge in [-0.25, -0.2) is 0 Å². The van der Waals surface area contributed by atoms with Crippen LogP contribution >= 0.6 is 0 Å². The van der Waals surface area contributed by atoms with Gasteiger partial charge in [0, 0.05) is 12.8 Å². The summed E-state index contributed by atoms with van der Waals surface area (Å²) in [5.41, 5.74) is 1.06. The Morgan fingerprint density at radius 3 is 1.71 bits per heavy atom. The highest BCUT2D eigenvalue weighted by Gasteiger charge is 2.05. The molecule has 0 aromatic carbocycles. The molecule has 0 radical (unpaired) electrons. The maximum absolute atomic E-state index is 10.5. The minimum atomic E-state index is 0.125. The molecule has 1 aliphatic rings. The van der Waals surface area contributed by atoms with Crippen LogP contribution in [0.15, 0.2) is 11.6 Å². The second-order valence-electron chi connectivity index (χ2n) is 3.93. The topological polar surface area (TPSA) is 34.1 Å². The van der Waals surface area contributed by atoms with E-state index in [1.165, 1.54) is 6.42 Å². The number of rotatable bonds is 1. The van der Waals surface area contributed by atoms with Gasteiger partial charge in [-0.3, -0.25) is 9.59 Å². The van der Waals surface area contributed by atoms with Crippen LogP contribution in [-0.4, -0.2) is 11.6 Å². The van der Waals surface area contributed by atoms with Crippen LogP contribution < -0.4 is 0 Å². The van der Waals surface area contributed by atoms with Crippen LogP contribution in [0.5, 0.6) is 0 Å². The Bertz CT molecular complexity index is 214. The average molecular weight is 196 g/mol. The van der Waals surface area contributed by atoms with Crippen molar-refractivity contribution < 1.29 is 9.59 Å². The van der Waals surface area contributed by atoms with Crippen molar-refractivity contribution in [2.45, 2.75) is 52.9 Å². The van der Waals surface area contributed by atoms with Crippen molar-refractivity contribution in [2.24, 2.45) is 0 Å². The molecule has 80 valence electrons. The standard InChI is InChI=1S/2C6H10O/c7-6-4-2-1-3-5-6;1-5(2)4-6(3)7/h1-5H2;4H,1-3H3. The van der Waals surface area contributed by atoms with Gasteiger partial charge in [0.25, 0.3) is 0 Å². The summed E-state index contributed by atoms with van der Waals surface area (Å²) in [4.78, 5) is 20.6. The number of hydrogen-bond donors (Lipinski definition) is 0. The van der Waals surface area contributed by atoms with Crippen LogP contribution in [0, 0.1) is 0 Å². The van der Waals surface area contributed by atoms with Crippen molar-refractivity contribution in [2.75, 3.05) is 0 Å². The molecule has 2 nitrogen and oxygen atoms in total. The molecule has 1 aliphatic carbocycles. The van der Waals surface area contributed by atoms with E-state index in [2.05, 4.69) is 0 Å². The smallest absolute Gasteiger partial charge is 0.152 e. The second kappa shape index (κ2) is 7.48. The lowest BCUT2D eigenvalue weighted by molar-refractivity contribution is -0.120. The Labute approximate surface area is 86.4 Å². The molecule has 0 aromatic rings. The predicted octanol–water partition coefficient (Wildman–Crippen LogP) is 3.06. The van der Waals surface area contributed by atoms with Crippen molar-refractivity contribution in [3.63, 3.8) is 0 Å². The third kappa shape index (κ3) is 9.17. The number of carbonyl (C=O) groups is 2. The Morgan fingerprint density at radius 1 is 1.07 bits per heavy atom. The Hall–Kier alpha value is -0.920. The molecule has 1 fully saturated rings. The van der Waals surface area contributed by atoms with Gasteiger partial charge in [-0.15, -0.1) is 0 Å². The maximum Gasteiger partial charge on any atom is 0.152 e. The highest BCUT2D eigenvalue weighted by Crippen LogP contribution is 2.12. The molecular weight excluding hydrogens is 176 g/mol. The normalized spacial score (nSPS) is 15.2. The zero-order valence-corrected chi connectivity index (χ0v) is 9.43. The van der Waals surface area contributed by atoms with Gasteiger partial charge in [-0.05, 0) is 39.7 Å². The van der Waals surface area contributed by atoms with Gasteiger partial charge in [0.2, 0.25) is 0 Å². The van der Waals surface area contributed by atoms with E-state index >= 15 is 0 Å². The Kier molecular flexibility index (Phi) is 6.99. The van der Waals surface area contributed by atoms with E-state index in [1.54, 1.807) is 13.0 Å². The molecule has 1 saturated carbocycles. The molecule has 14 heavy (non-hydrogen) atoms. The van der Waals surface area contributed by atoms with Crippen molar-refractivity contribution in [3.8, 4) is 0 Å². The predicted molar refractivity (Wildman–Crippen MR) is 58.2 cm³/mol. The molecule has 0 amide bonds. The lowest BCUT2D eigenvalue weighted by atomic mass is 10.00. The lowest BCUT2D eigenvalue weighted by Gasteiger charge is -2.05. The van der Waals surface area contributed by atoms with Gasteiger partial charge < -0.3 is 0 Å². The summed E-state index contributed by atoms with van der Waals surface area (Å²) >= 11 is 0. The number of allylic oxidation sites excluding steroid dienone is 2. The van der Waals surface area contributed by atoms with Gasteiger partial charge in [-0.2, -0.15) is 0 Å². The molecule has 0 aliphatic heterocycles. The van der Waals surface area contributed by atoms with E-state index < -0.39 is 0 Å². The quantitative estimate of drug-likeness (QED) is 0.604. The number of ketones is 2. The molecule has 0 spiro atoms. The van der Waals surface area contributed by atoms with E-state index in [-0.39, 0.29) is 5.78 Å². The molecule has 0 saturated heterocycles. The zero-order chi connectivity index (χ0) is 11.0. The van der Waals surface area contributed by atoms with Gasteiger partial charge in [-0.1, -0.05) is 12.0 Å². The fourth-order valence-electron chi connectivity index (χ4n) is 1.35. The number of hydrogen-bond acceptors (Lipinski definition) is 2.